The van der Waals surface area contributed by atoms with E-state index in [2.05, 4.69) is 5.32 Å². The molecule has 0 aliphatic heterocycles. The lowest BCUT2D eigenvalue weighted by Gasteiger charge is -2.05. The van der Waals surface area contributed by atoms with Crippen molar-refractivity contribution in [3.8, 4) is 0 Å². The molecule has 2 unspecified atom stereocenters. The van der Waals surface area contributed by atoms with Gasteiger partial charge in [0.05, 0.1) is 6.10 Å². The summed E-state index contributed by atoms with van der Waals surface area (Å²) in [5.41, 5.74) is 0. The molecular formula is C8H13F2NO2. The molecule has 0 bridgehead atoms. The van der Waals surface area contributed by atoms with Crippen molar-refractivity contribution in [1.29, 1.82) is 0 Å². The third kappa shape index (κ3) is 1.96. The summed E-state index contributed by atoms with van der Waals surface area (Å²) in [6.45, 7) is 2.85. The number of alkyl halides is 2. The van der Waals surface area contributed by atoms with Crippen LogP contribution in [0.4, 0.5) is 8.78 Å². The summed E-state index contributed by atoms with van der Waals surface area (Å²) in [6, 6.07) is 0. The van der Waals surface area contributed by atoms with Crippen LogP contribution in [-0.2, 0) is 4.79 Å². The standard InChI is InChI=1S/C8H13F2NO2/c1-4(12)3-11-7(13)6-5(2)8(6,9)10/h4-6,12H,3H2,1-2H3,(H,11,13)/t4-,5?,6?/m1/s1. The molecule has 0 heterocycles. The van der Waals surface area contributed by atoms with Crippen LogP contribution in [-0.4, -0.2) is 29.6 Å². The molecule has 1 aliphatic carbocycles. The molecule has 0 radical (unpaired) electrons. The zero-order valence-corrected chi connectivity index (χ0v) is 7.55. The molecule has 1 amide bonds. The van der Waals surface area contributed by atoms with E-state index in [1.165, 1.54) is 13.8 Å². The minimum atomic E-state index is -2.86. The number of halogens is 2. The minimum absolute atomic E-state index is 0.0259. The van der Waals surface area contributed by atoms with Crippen LogP contribution in [0, 0.1) is 11.8 Å². The summed E-state index contributed by atoms with van der Waals surface area (Å²) in [7, 11) is 0. The highest BCUT2D eigenvalue weighted by atomic mass is 19.3. The number of carbonyl (C=O) groups excluding carboxylic acids is 1. The third-order valence-electron chi connectivity index (χ3n) is 2.27. The largest absolute Gasteiger partial charge is 0.392 e. The van der Waals surface area contributed by atoms with E-state index in [1.54, 1.807) is 0 Å². The fraction of sp³-hybridized carbons (Fsp3) is 0.875. The Bertz CT molecular complexity index is 218. The molecule has 1 rings (SSSR count). The van der Waals surface area contributed by atoms with Gasteiger partial charge in [0.25, 0.3) is 5.92 Å². The lowest BCUT2D eigenvalue weighted by atomic mass is 10.3. The Hall–Kier alpha value is -0.710. The maximum atomic E-state index is 12.6. The van der Waals surface area contributed by atoms with E-state index < -0.39 is 29.8 Å². The highest BCUT2D eigenvalue weighted by Crippen LogP contribution is 2.54. The van der Waals surface area contributed by atoms with Gasteiger partial charge in [-0.25, -0.2) is 8.78 Å². The SMILES string of the molecule is CC1C(C(=O)NC[C@@H](C)O)C1(F)F. The monoisotopic (exact) mass is 193 g/mol. The molecule has 1 fully saturated rings. The molecule has 1 saturated carbocycles. The van der Waals surface area contributed by atoms with Crippen molar-refractivity contribution in [2.75, 3.05) is 6.54 Å². The summed E-state index contributed by atoms with van der Waals surface area (Å²) in [5, 5.41) is 11.1. The number of hydrogen-bond acceptors (Lipinski definition) is 2. The van der Waals surface area contributed by atoms with E-state index >= 15 is 0 Å². The second-order valence-corrected chi connectivity index (χ2v) is 3.54. The molecule has 0 aromatic heterocycles. The van der Waals surface area contributed by atoms with Crippen LogP contribution in [0.3, 0.4) is 0 Å². The van der Waals surface area contributed by atoms with Crippen LogP contribution in [0.25, 0.3) is 0 Å². The first kappa shape index (κ1) is 10.4. The van der Waals surface area contributed by atoms with Gasteiger partial charge in [-0.3, -0.25) is 4.79 Å². The lowest BCUT2D eigenvalue weighted by molar-refractivity contribution is -0.124. The van der Waals surface area contributed by atoms with Gasteiger partial charge < -0.3 is 10.4 Å². The molecule has 13 heavy (non-hydrogen) atoms. The smallest absolute Gasteiger partial charge is 0.263 e. The fourth-order valence-electron chi connectivity index (χ4n) is 1.24. The first-order chi connectivity index (χ1) is 5.87. The van der Waals surface area contributed by atoms with Crippen molar-refractivity contribution in [3.63, 3.8) is 0 Å². The second-order valence-electron chi connectivity index (χ2n) is 3.54. The van der Waals surface area contributed by atoms with Crippen LogP contribution in [0.1, 0.15) is 13.8 Å². The molecule has 0 aromatic rings. The van der Waals surface area contributed by atoms with Crippen LogP contribution in [0.15, 0.2) is 0 Å². The average Bonchev–Trinajstić information content (AvgIpc) is 2.47. The highest BCUT2D eigenvalue weighted by molar-refractivity contribution is 5.83. The number of hydrogen-bond donors (Lipinski definition) is 2. The Morgan fingerprint density at radius 2 is 2.15 bits per heavy atom. The van der Waals surface area contributed by atoms with Gasteiger partial charge in [0.15, 0.2) is 0 Å². The third-order valence-corrected chi connectivity index (χ3v) is 2.27. The van der Waals surface area contributed by atoms with E-state index in [0.29, 0.717) is 0 Å². The Morgan fingerprint density at radius 3 is 2.46 bits per heavy atom. The summed E-state index contributed by atoms with van der Waals surface area (Å²) >= 11 is 0. The first-order valence-electron chi connectivity index (χ1n) is 4.21. The van der Waals surface area contributed by atoms with Gasteiger partial charge in [0.2, 0.25) is 5.91 Å². The Kier molecular flexibility index (Phi) is 2.56. The van der Waals surface area contributed by atoms with E-state index in [0.717, 1.165) is 0 Å². The predicted octanol–water partition coefficient (Wildman–Crippen LogP) is 0.385. The highest BCUT2D eigenvalue weighted by Gasteiger charge is 2.69. The minimum Gasteiger partial charge on any atom is -0.392 e. The molecule has 5 heteroatoms. The molecule has 0 aromatic carbocycles. The molecule has 0 spiro atoms. The fourth-order valence-corrected chi connectivity index (χ4v) is 1.24. The molecule has 3 nitrogen and oxygen atoms in total. The number of aliphatic hydroxyl groups excluding tert-OH is 1. The van der Waals surface area contributed by atoms with Gasteiger partial charge in [-0.15, -0.1) is 0 Å². The van der Waals surface area contributed by atoms with E-state index in [-0.39, 0.29) is 6.54 Å². The number of nitrogens with one attached hydrogen (secondary N) is 1. The number of carbonyl (C=O) groups is 1. The summed E-state index contributed by atoms with van der Waals surface area (Å²) < 4.78 is 25.3. The van der Waals surface area contributed by atoms with Crippen LogP contribution in [0.2, 0.25) is 0 Å². The zero-order valence-electron chi connectivity index (χ0n) is 7.55. The van der Waals surface area contributed by atoms with Crippen LogP contribution >= 0.6 is 0 Å². The van der Waals surface area contributed by atoms with Gasteiger partial charge in [-0.05, 0) is 6.92 Å². The quantitative estimate of drug-likeness (QED) is 0.681. The maximum Gasteiger partial charge on any atom is 0.263 e. The van der Waals surface area contributed by atoms with E-state index in [4.69, 9.17) is 5.11 Å². The number of amides is 1. The molecule has 1 aliphatic rings. The van der Waals surface area contributed by atoms with Gasteiger partial charge in [0.1, 0.15) is 5.92 Å². The number of rotatable bonds is 3. The van der Waals surface area contributed by atoms with Crippen molar-refractivity contribution in [2.45, 2.75) is 25.9 Å². The predicted molar refractivity (Wildman–Crippen MR) is 42.3 cm³/mol. The number of aliphatic hydroxyl groups is 1. The Labute approximate surface area is 75.1 Å². The molecule has 2 N–H and O–H groups in total. The average molecular weight is 193 g/mol. The molecular weight excluding hydrogens is 180 g/mol. The van der Waals surface area contributed by atoms with E-state index in [9.17, 15) is 13.6 Å². The zero-order chi connectivity index (χ0) is 10.2. The van der Waals surface area contributed by atoms with Gasteiger partial charge in [-0.2, -0.15) is 0 Å². The second kappa shape index (κ2) is 3.21. The van der Waals surface area contributed by atoms with Crippen molar-refractivity contribution >= 4 is 5.91 Å². The van der Waals surface area contributed by atoms with Crippen molar-refractivity contribution < 1.29 is 18.7 Å². The topological polar surface area (TPSA) is 49.3 Å². The van der Waals surface area contributed by atoms with Gasteiger partial charge in [0, 0.05) is 12.5 Å². The van der Waals surface area contributed by atoms with Crippen LogP contribution in [0.5, 0.6) is 0 Å². The normalized spacial score (nSPS) is 32.4. The maximum absolute atomic E-state index is 12.6. The van der Waals surface area contributed by atoms with Crippen LogP contribution < -0.4 is 5.32 Å². The van der Waals surface area contributed by atoms with E-state index in [1.807, 2.05) is 0 Å². The summed E-state index contributed by atoms with van der Waals surface area (Å²) in [5.74, 6) is -5.60. The molecule has 0 saturated heterocycles. The molecule has 76 valence electrons. The first-order valence-corrected chi connectivity index (χ1v) is 4.21. The van der Waals surface area contributed by atoms with Gasteiger partial charge in [-0.1, -0.05) is 6.92 Å². The Balaban J connectivity index is 2.35. The molecule has 3 atom stereocenters. The summed E-state index contributed by atoms with van der Waals surface area (Å²) in [6.07, 6.45) is -0.702. The summed E-state index contributed by atoms with van der Waals surface area (Å²) in [4.78, 5) is 11.0. The van der Waals surface area contributed by atoms with Gasteiger partial charge >= 0.3 is 0 Å². The van der Waals surface area contributed by atoms with Crippen molar-refractivity contribution in [2.24, 2.45) is 11.8 Å². The van der Waals surface area contributed by atoms with Crippen molar-refractivity contribution in [3.05, 3.63) is 0 Å². The lowest BCUT2D eigenvalue weighted by Crippen LogP contribution is -2.33. The Morgan fingerprint density at radius 1 is 1.69 bits per heavy atom. The van der Waals surface area contributed by atoms with Crippen molar-refractivity contribution in [1.82, 2.24) is 5.32 Å².